The Bertz CT molecular complexity index is 1080. The molecular weight excluding hydrogens is 477 g/mol. The molecule has 1 amide bonds. The molecular formula is C21H19Cl2N3O5S. The number of amides is 1. The lowest BCUT2D eigenvalue weighted by atomic mass is 10.2. The highest BCUT2D eigenvalue weighted by Crippen LogP contribution is 2.30. The monoisotopic (exact) mass is 495 g/mol. The second-order valence-corrected chi connectivity index (χ2v) is 8.53. The Morgan fingerprint density at radius 3 is 2.72 bits per heavy atom. The molecule has 0 saturated carbocycles. The third-order valence-electron chi connectivity index (χ3n) is 4.14. The van der Waals surface area contributed by atoms with Crippen LogP contribution >= 0.6 is 35.0 Å². The Kier molecular flexibility index (Phi) is 8.38. The fourth-order valence-electron chi connectivity index (χ4n) is 2.68. The van der Waals surface area contributed by atoms with Crippen molar-refractivity contribution in [3.8, 4) is 11.5 Å². The van der Waals surface area contributed by atoms with E-state index in [2.05, 4.69) is 15.5 Å². The Balaban J connectivity index is 1.66. The summed E-state index contributed by atoms with van der Waals surface area (Å²) in [6.07, 6.45) is 1.22. The molecule has 0 bridgehead atoms. The summed E-state index contributed by atoms with van der Waals surface area (Å²) in [5, 5.41) is 19.7. The van der Waals surface area contributed by atoms with Crippen LogP contribution in [-0.4, -0.2) is 40.2 Å². The predicted octanol–water partition coefficient (Wildman–Crippen LogP) is 4.37. The second-order valence-electron chi connectivity index (χ2n) is 6.52. The summed E-state index contributed by atoms with van der Waals surface area (Å²) in [4.78, 5) is 22.5. The average Bonchev–Trinajstić information content (AvgIpc) is 3.08. The SMILES string of the molecule is CCOc1cc(/C=N\N=C2\NC(=O)[C@@H](CC(=O)O)S2)ccc1OCc1ccc(Cl)c(Cl)c1. The van der Waals surface area contributed by atoms with Gasteiger partial charge in [0.25, 0.3) is 0 Å². The van der Waals surface area contributed by atoms with Crippen molar-refractivity contribution in [1.29, 1.82) is 0 Å². The summed E-state index contributed by atoms with van der Waals surface area (Å²) in [5.74, 6) is -0.355. The molecule has 0 aliphatic carbocycles. The van der Waals surface area contributed by atoms with Crippen LogP contribution in [0.2, 0.25) is 10.0 Å². The molecule has 1 aliphatic rings. The third kappa shape index (κ3) is 6.62. The van der Waals surface area contributed by atoms with Crippen molar-refractivity contribution >= 4 is 58.2 Å². The first-order valence-corrected chi connectivity index (χ1v) is 11.1. The molecule has 1 atom stereocenters. The van der Waals surface area contributed by atoms with Gasteiger partial charge >= 0.3 is 5.97 Å². The fraction of sp³-hybridized carbons (Fsp3) is 0.238. The summed E-state index contributed by atoms with van der Waals surface area (Å²) in [6.45, 7) is 2.59. The van der Waals surface area contributed by atoms with Crippen LogP contribution in [0, 0.1) is 0 Å². The summed E-state index contributed by atoms with van der Waals surface area (Å²) in [6, 6.07) is 10.6. The molecule has 0 unspecified atom stereocenters. The van der Waals surface area contributed by atoms with E-state index < -0.39 is 17.1 Å². The van der Waals surface area contributed by atoms with Gasteiger partial charge in [-0.1, -0.05) is 41.0 Å². The minimum atomic E-state index is -1.05. The number of rotatable bonds is 9. The molecule has 1 heterocycles. The number of nitrogens with zero attached hydrogens (tertiary/aromatic N) is 2. The number of halogens is 2. The summed E-state index contributed by atoms with van der Waals surface area (Å²) in [5.41, 5.74) is 1.57. The lowest BCUT2D eigenvalue weighted by Crippen LogP contribution is -2.26. The van der Waals surface area contributed by atoms with Gasteiger partial charge in [0.2, 0.25) is 5.91 Å². The van der Waals surface area contributed by atoms with Crippen molar-refractivity contribution in [3.63, 3.8) is 0 Å². The van der Waals surface area contributed by atoms with Crippen LogP contribution in [0.25, 0.3) is 0 Å². The number of carboxylic acid groups (broad SMARTS) is 1. The lowest BCUT2D eigenvalue weighted by Gasteiger charge is -2.13. The number of amidine groups is 1. The van der Waals surface area contributed by atoms with Crippen LogP contribution in [0.4, 0.5) is 0 Å². The smallest absolute Gasteiger partial charge is 0.305 e. The summed E-state index contributed by atoms with van der Waals surface area (Å²) >= 11 is 13.0. The Morgan fingerprint density at radius 1 is 1.19 bits per heavy atom. The number of thioether (sulfide) groups is 1. The number of carboxylic acids is 1. The van der Waals surface area contributed by atoms with E-state index >= 15 is 0 Å². The van der Waals surface area contributed by atoms with Gasteiger partial charge in [0, 0.05) is 0 Å². The average molecular weight is 496 g/mol. The molecule has 2 N–H and O–H groups in total. The first-order chi connectivity index (χ1) is 15.4. The Labute approximate surface area is 198 Å². The Morgan fingerprint density at radius 2 is 2.00 bits per heavy atom. The number of hydrogen-bond acceptors (Lipinski definition) is 7. The zero-order valence-electron chi connectivity index (χ0n) is 16.9. The van der Waals surface area contributed by atoms with E-state index in [1.807, 2.05) is 13.0 Å². The normalized spacial score (nSPS) is 17.0. The molecule has 3 rings (SSSR count). The first kappa shape index (κ1) is 23.9. The number of ether oxygens (including phenoxy) is 2. The summed E-state index contributed by atoms with van der Waals surface area (Å²) in [7, 11) is 0. The maximum atomic E-state index is 11.7. The quantitative estimate of drug-likeness (QED) is 0.394. The molecule has 8 nitrogen and oxygen atoms in total. The number of benzene rings is 2. The van der Waals surface area contributed by atoms with Crippen LogP contribution in [0.5, 0.6) is 11.5 Å². The molecule has 32 heavy (non-hydrogen) atoms. The van der Waals surface area contributed by atoms with Crippen LogP contribution in [0.3, 0.4) is 0 Å². The highest BCUT2D eigenvalue weighted by molar-refractivity contribution is 8.15. The van der Waals surface area contributed by atoms with E-state index in [4.69, 9.17) is 37.8 Å². The van der Waals surface area contributed by atoms with Gasteiger partial charge in [-0.2, -0.15) is 5.10 Å². The maximum absolute atomic E-state index is 11.7. The molecule has 11 heteroatoms. The fourth-order valence-corrected chi connectivity index (χ4v) is 3.91. The zero-order chi connectivity index (χ0) is 23.1. The van der Waals surface area contributed by atoms with Crippen molar-refractivity contribution in [2.24, 2.45) is 10.2 Å². The van der Waals surface area contributed by atoms with Gasteiger partial charge in [-0.25, -0.2) is 0 Å². The molecule has 0 spiro atoms. The molecule has 168 valence electrons. The standard InChI is InChI=1S/C21H19Cl2N3O5S/c1-2-30-17-8-12(10-24-26-21-25-20(29)18(32-21)9-19(27)28)4-6-16(17)31-11-13-3-5-14(22)15(23)7-13/h3-8,10,18H,2,9,11H2,1H3,(H,27,28)(H,25,26,29)/b24-10-/t18-/m1/s1. The van der Waals surface area contributed by atoms with E-state index in [-0.39, 0.29) is 18.2 Å². The molecule has 1 fully saturated rings. The minimum Gasteiger partial charge on any atom is -0.490 e. The highest BCUT2D eigenvalue weighted by Gasteiger charge is 2.32. The highest BCUT2D eigenvalue weighted by atomic mass is 35.5. The van der Waals surface area contributed by atoms with Gasteiger partial charge in [-0.3, -0.25) is 9.59 Å². The molecule has 2 aromatic carbocycles. The van der Waals surface area contributed by atoms with Crippen molar-refractivity contribution < 1.29 is 24.2 Å². The number of nitrogens with one attached hydrogen (secondary N) is 1. The van der Waals surface area contributed by atoms with Gasteiger partial charge in [0.15, 0.2) is 16.7 Å². The Hall–Kier alpha value is -2.75. The van der Waals surface area contributed by atoms with E-state index in [1.54, 1.807) is 30.3 Å². The van der Waals surface area contributed by atoms with Crippen LogP contribution < -0.4 is 14.8 Å². The summed E-state index contributed by atoms with van der Waals surface area (Å²) < 4.78 is 11.5. The van der Waals surface area contributed by atoms with Gasteiger partial charge in [-0.05, 0) is 48.4 Å². The molecule has 1 aliphatic heterocycles. The van der Waals surface area contributed by atoms with E-state index in [0.29, 0.717) is 33.7 Å². The van der Waals surface area contributed by atoms with Crippen molar-refractivity contribution in [2.45, 2.75) is 25.2 Å². The predicted molar refractivity (Wildman–Crippen MR) is 125 cm³/mol. The van der Waals surface area contributed by atoms with Crippen molar-refractivity contribution in [3.05, 3.63) is 57.6 Å². The largest absolute Gasteiger partial charge is 0.490 e. The van der Waals surface area contributed by atoms with Gasteiger partial charge in [-0.15, -0.1) is 5.10 Å². The first-order valence-electron chi connectivity index (χ1n) is 9.49. The lowest BCUT2D eigenvalue weighted by molar-refractivity contribution is -0.138. The van der Waals surface area contributed by atoms with E-state index in [9.17, 15) is 9.59 Å². The zero-order valence-corrected chi connectivity index (χ0v) is 19.2. The van der Waals surface area contributed by atoms with Gasteiger partial charge < -0.3 is 19.9 Å². The topological polar surface area (TPSA) is 110 Å². The van der Waals surface area contributed by atoms with Crippen molar-refractivity contribution in [1.82, 2.24) is 5.32 Å². The third-order valence-corrected chi connectivity index (χ3v) is 5.95. The van der Waals surface area contributed by atoms with Crippen LogP contribution in [0.1, 0.15) is 24.5 Å². The maximum Gasteiger partial charge on any atom is 0.305 e. The van der Waals surface area contributed by atoms with E-state index in [0.717, 1.165) is 17.3 Å². The molecule has 2 aromatic rings. The van der Waals surface area contributed by atoms with Crippen LogP contribution in [-0.2, 0) is 16.2 Å². The molecule has 0 aromatic heterocycles. The second kappa shape index (κ2) is 11.2. The van der Waals surface area contributed by atoms with Crippen LogP contribution in [0.15, 0.2) is 46.6 Å². The number of hydrogen-bond donors (Lipinski definition) is 2. The van der Waals surface area contributed by atoms with Gasteiger partial charge in [0.1, 0.15) is 11.9 Å². The van der Waals surface area contributed by atoms with Crippen molar-refractivity contribution in [2.75, 3.05) is 6.61 Å². The minimum absolute atomic E-state index is 0.254. The number of carbonyl (C=O) groups is 2. The van der Waals surface area contributed by atoms with E-state index in [1.165, 1.54) is 6.21 Å². The van der Waals surface area contributed by atoms with Gasteiger partial charge in [0.05, 0.1) is 29.3 Å². The number of carbonyl (C=O) groups excluding carboxylic acids is 1. The molecule has 0 radical (unpaired) electrons. The molecule has 1 saturated heterocycles. The number of aliphatic carboxylic acids is 1.